The summed E-state index contributed by atoms with van der Waals surface area (Å²) in [6.45, 7) is 43.1. The molecule has 400 valence electrons. The van der Waals surface area contributed by atoms with Crippen LogP contribution in [0.1, 0.15) is 291 Å². The monoisotopic (exact) mass is 993 g/mol. The zero-order chi connectivity index (χ0) is 54.1. The highest BCUT2D eigenvalue weighted by Crippen LogP contribution is 2.59. The molecule has 0 radical (unpaired) electrons. The standard InChI is InChI=1S/2C37H52/c2*1-10-37(11-2,31-16-15-29(27(3)23-31)19-22-36(9)20-13-12-14-21-36)32-17-18-33(28(4)24-32)30-25-34(5,6)35(7,8)26-30/h2*15-18,23-24,30H,10-14,20-21,25-26H2,1-9H3. The van der Waals surface area contributed by atoms with E-state index in [0.717, 1.165) is 25.7 Å². The third-order valence-corrected chi connectivity index (χ3v) is 22.1. The SMILES string of the molecule is CCC(CC)(c1ccc(C#CC2(C)CCCCC2)c(C)c1)c1ccc(C2CC(C)(C)C(C)(C)C2)c(C)c1.CCC(CC)(c1ccc(C#CC2(C)CCCCC2)c(C)c1)c1ccc(C2CC(C)(C)C(C)(C)C2)c(C)c1. The molecule has 0 heteroatoms. The summed E-state index contributed by atoms with van der Waals surface area (Å²) in [5.74, 6) is 15.9. The summed E-state index contributed by atoms with van der Waals surface area (Å²) in [6, 6.07) is 29.1. The van der Waals surface area contributed by atoms with Crippen molar-refractivity contribution in [1.82, 2.24) is 0 Å². The largest absolute Gasteiger partial charge is 0.0914 e. The normalized spacial score (nSPS) is 20.9. The number of hydrogen-bond acceptors (Lipinski definition) is 0. The molecule has 4 aromatic carbocycles. The van der Waals surface area contributed by atoms with Crippen molar-refractivity contribution in [2.45, 2.75) is 263 Å². The molecule has 0 N–H and O–H groups in total. The third-order valence-electron chi connectivity index (χ3n) is 22.1. The van der Waals surface area contributed by atoms with Gasteiger partial charge in [-0.3, -0.25) is 0 Å². The Morgan fingerprint density at radius 1 is 0.378 bits per heavy atom. The molecule has 4 saturated carbocycles. The molecule has 0 aromatic heterocycles. The van der Waals surface area contributed by atoms with Gasteiger partial charge in [-0.25, -0.2) is 0 Å². The quantitative estimate of drug-likeness (QED) is 0.139. The molecule has 8 rings (SSSR count). The van der Waals surface area contributed by atoms with Crippen LogP contribution in [0.2, 0.25) is 0 Å². The Balaban J connectivity index is 0.000000216. The Labute approximate surface area is 456 Å². The Kier molecular flexibility index (Phi) is 17.3. The molecule has 0 spiro atoms. The molecule has 0 unspecified atom stereocenters. The minimum atomic E-state index is 0.0452. The van der Waals surface area contributed by atoms with Gasteiger partial charge in [0, 0.05) is 32.8 Å². The van der Waals surface area contributed by atoms with E-state index in [1.807, 2.05) is 0 Å². The third kappa shape index (κ3) is 11.6. The molecular weight excluding hydrogens is 889 g/mol. The Bertz CT molecular complexity index is 2490. The van der Waals surface area contributed by atoms with E-state index in [2.05, 4.69) is 221 Å². The van der Waals surface area contributed by atoms with Crippen LogP contribution in [0.15, 0.2) is 72.8 Å². The summed E-state index contributed by atoms with van der Waals surface area (Å²) in [6.07, 6.45) is 22.6. The molecule has 0 heterocycles. The van der Waals surface area contributed by atoms with Crippen molar-refractivity contribution in [2.24, 2.45) is 32.5 Å². The zero-order valence-electron chi connectivity index (χ0n) is 50.8. The summed E-state index contributed by atoms with van der Waals surface area (Å²) >= 11 is 0. The molecule has 0 nitrogen and oxygen atoms in total. The predicted molar refractivity (Wildman–Crippen MR) is 323 cm³/mol. The van der Waals surface area contributed by atoms with Gasteiger partial charge in [0.1, 0.15) is 0 Å². The first-order chi connectivity index (χ1) is 34.7. The summed E-state index contributed by atoms with van der Waals surface area (Å²) in [7, 11) is 0. The van der Waals surface area contributed by atoms with Crippen molar-refractivity contribution in [3.05, 3.63) is 140 Å². The van der Waals surface area contributed by atoms with Crippen LogP contribution in [-0.2, 0) is 10.8 Å². The van der Waals surface area contributed by atoms with Crippen LogP contribution in [0.25, 0.3) is 0 Å². The van der Waals surface area contributed by atoms with E-state index in [0.29, 0.717) is 33.5 Å². The van der Waals surface area contributed by atoms with E-state index in [1.165, 1.54) is 146 Å². The minimum Gasteiger partial charge on any atom is -0.0914 e. The van der Waals surface area contributed by atoms with Crippen molar-refractivity contribution in [3.63, 3.8) is 0 Å². The van der Waals surface area contributed by atoms with E-state index in [4.69, 9.17) is 0 Å². The number of rotatable bonds is 10. The molecule has 74 heavy (non-hydrogen) atoms. The number of aryl methyl sites for hydroxylation is 4. The van der Waals surface area contributed by atoms with Gasteiger partial charge in [0.15, 0.2) is 0 Å². The fourth-order valence-electron chi connectivity index (χ4n) is 15.0. The van der Waals surface area contributed by atoms with E-state index >= 15 is 0 Å². The fourth-order valence-corrected chi connectivity index (χ4v) is 15.0. The van der Waals surface area contributed by atoms with Gasteiger partial charge in [0.2, 0.25) is 0 Å². The highest BCUT2D eigenvalue weighted by molar-refractivity contribution is 5.52. The lowest BCUT2D eigenvalue weighted by Crippen LogP contribution is -2.26. The van der Waals surface area contributed by atoms with Crippen LogP contribution in [0, 0.1) is 83.9 Å². The first kappa shape index (κ1) is 57.7. The molecule has 0 amide bonds. The molecule has 4 fully saturated rings. The number of benzene rings is 4. The molecule has 0 aliphatic heterocycles. The Morgan fingerprint density at radius 3 is 0.905 bits per heavy atom. The van der Waals surface area contributed by atoms with E-state index < -0.39 is 0 Å². The lowest BCUT2D eigenvalue weighted by Gasteiger charge is -2.34. The summed E-state index contributed by atoms with van der Waals surface area (Å²) < 4.78 is 0. The van der Waals surface area contributed by atoms with Gasteiger partial charge in [-0.1, -0.05) is 206 Å². The maximum atomic E-state index is 3.67. The van der Waals surface area contributed by atoms with Crippen molar-refractivity contribution >= 4 is 0 Å². The number of hydrogen-bond donors (Lipinski definition) is 0. The maximum absolute atomic E-state index is 3.67. The Morgan fingerprint density at radius 2 is 0.649 bits per heavy atom. The zero-order valence-corrected chi connectivity index (χ0v) is 50.8. The van der Waals surface area contributed by atoms with Crippen molar-refractivity contribution in [1.29, 1.82) is 0 Å². The average Bonchev–Trinajstić information content (AvgIpc) is 3.71. The van der Waals surface area contributed by atoms with Gasteiger partial charge >= 0.3 is 0 Å². The molecule has 4 aliphatic carbocycles. The maximum Gasteiger partial charge on any atom is 0.0290 e. The van der Waals surface area contributed by atoms with E-state index in [-0.39, 0.29) is 21.7 Å². The predicted octanol–water partition coefficient (Wildman–Crippen LogP) is 21.3. The van der Waals surface area contributed by atoms with Crippen molar-refractivity contribution in [3.8, 4) is 23.7 Å². The van der Waals surface area contributed by atoms with Gasteiger partial charge < -0.3 is 0 Å². The topological polar surface area (TPSA) is 0 Å². The lowest BCUT2D eigenvalue weighted by atomic mass is 9.69. The molecular formula is C74H104. The first-order valence-electron chi connectivity index (χ1n) is 30.2. The molecule has 4 aliphatic rings. The van der Waals surface area contributed by atoms with Gasteiger partial charge in [0.25, 0.3) is 0 Å². The van der Waals surface area contributed by atoms with E-state index in [1.54, 1.807) is 11.1 Å². The lowest BCUT2D eigenvalue weighted by molar-refractivity contribution is 0.157. The van der Waals surface area contributed by atoms with E-state index in [9.17, 15) is 0 Å². The van der Waals surface area contributed by atoms with Crippen LogP contribution < -0.4 is 0 Å². The van der Waals surface area contributed by atoms with Crippen LogP contribution in [-0.4, -0.2) is 0 Å². The highest BCUT2D eigenvalue weighted by atomic mass is 14.5. The summed E-state index contributed by atoms with van der Waals surface area (Å²) in [4.78, 5) is 0. The van der Waals surface area contributed by atoms with Gasteiger partial charge in [0.05, 0.1) is 0 Å². The van der Waals surface area contributed by atoms with Crippen molar-refractivity contribution < 1.29 is 0 Å². The van der Waals surface area contributed by atoms with Crippen molar-refractivity contribution in [2.75, 3.05) is 0 Å². The fraction of sp³-hybridized carbons (Fsp3) is 0.622. The molecule has 4 aromatic rings. The van der Waals surface area contributed by atoms with Crippen LogP contribution in [0.4, 0.5) is 0 Å². The summed E-state index contributed by atoms with van der Waals surface area (Å²) in [5.41, 5.74) is 19.0. The first-order valence-corrected chi connectivity index (χ1v) is 30.2. The van der Waals surface area contributed by atoms with Crippen LogP contribution in [0.5, 0.6) is 0 Å². The van der Waals surface area contributed by atoms with Gasteiger partial charge in [-0.05, 0) is 220 Å². The average molecular weight is 994 g/mol. The highest BCUT2D eigenvalue weighted by Gasteiger charge is 2.48. The second-order valence-corrected chi connectivity index (χ2v) is 28.3. The molecule has 0 bridgehead atoms. The molecule has 0 atom stereocenters. The van der Waals surface area contributed by atoms with Crippen LogP contribution in [0.3, 0.4) is 0 Å². The van der Waals surface area contributed by atoms with Gasteiger partial charge in [-0.15, -0.1) is 0 Å². The second-order valence-electron chi connectivity index (χ2n) is 28.3. The van der Waals surface area contributed by atoms with Gasteiger partial charge in [-0.2, -0.15) is 0 Å². The second kappa shape index (κ2) is 22.2. The molecule has 0 saturated heterocycles. The summed E-state index contributed by atoms with van der Waals surface area (Å²) in [5, 5.41) is 0. The minimum absolute atomic E-state index is 0.0452. The smallest absolute Gasteiger partial charge is 0.0290 e. The Hall–Kier alpha value is -4.00. The van der Waals surface area contributed by atoms with Crippen LogP contribution >= 0.6 is 0 Å².